The summed E-state index contributed by atoms with van der Waals surface area (Å²) in [4.78, 5) is 0. The molecule has 132 valence electrons. The maximum Gasteiger partial charge on any atom is 3.00 e. The molecule has 0 bridgehead atoms. The van der Waals surface area contributed by atoms with Crippen LogP contribution in [0.4, 0.5) is 0 Å². The number of hydrogen-bond donors (Lipinski definition) is 0. The average Bonchev–Trinajstić information content (AvgIpc) is 2.10. The molecule has 10 heteroatoms. The fourth-order valence-electron chi connectivity index (χ4n) is 0.577. The minimum absolute atomic E-state index is 0. The third-order valence-corrected chi connectivity index (χ3v) is 1.57. The summed E-state index contributed by atoms with van der Waals surface area (Å²) in [7, 11) is 0. The van der Waals surface area contributed by atoms with E-state index >= 15 is 0 Å². The van der Waals surface area contributed by atoms with Gasteiger partial charge in [0, 0.05) is 13.1 Å². The van der Waals surface area contributed by atoms with Crippen LogP contribution in [0.15, 0.2) is 0 Å². The Morgan fingerprint density at radius 1 is 0.591 bits per heavy atom. The monoisotopic (exact) mass is 508 g/mol. The van der Waals surface area contributed by atoms with Gasteiger partial charge in [-0.2, -0.15) is 0 Å². The van der Waals surface area contributed by atoms with Gasteiger partial charge in [-0.3, -0.25) is 0 Å². The van der Waals surface area contributed by atoms with E-state index in [4.69, 9.17) is 14.2 Å². The third-order valence-electron chi connectivity index (χ3n) is 0.996. The van der Waals surface area contributed by atoms with Crippen LogP contribution in [0.3, 0.4) is 0 Å². The fraction of sp³-hybridized carbons (Fsp3) is 0.750. The van der Waals surface area contributed by atoms with E-state index in [1.807, 2.05) is 41.5 Å². The number of thiocarbonyl (C=S) groups is 3. The van der Waals surface area contributed by atoms with Crippen molar-refractivity contribution in [2.24, 2.45) is 0 Å². The van der Waals surface area contributed by atoms with Crippen molar-refractivity contribution in [3.05, 3.63) is 0 Å². The minimum atomic E-state index is 0. The van der Waals surface area contributed by atoms with E-state index < -0.39 is 0 Å². The average molecular weight is 509 g/mol. The first-order chi connectivity index (χ1) is 9.38. The SMILES string of the molecule is CC(C)OC(=S)[S-].CC(C)OC(=S)[S-].CC(C)OC(=S)[S-].[Rh+3]. The van der Waals surface area contributed by atoms with E-state index in [2.05, 4.69) is 74.5 Å². The first-order valence-electron chi connectivity index (χ1n) is 6.01. The van der Waals surface area contributed by atoms with Crippen LogP contribution in [-0.4, -0.2) is 31.5 Å². The topological polar surface area (TPSA) is 27.7 Å². The maximum atomic E-state index is 4.80. The zero-order valence-corrected chi connectivity index (χ0v) is 19.8. The van der Waals surface area contributed by atoms with Crippen molar-refractivity contribution >= 4 is 87.7 Å². The fourth-order valence-corrected chi connectivity index (χ4v) is 1.73. The van der Waals surface area contributed by atoms with E-state index in [1.165, 1.54) is 0 Å². The van der Waals surface area contributed by atoms with Crippen molar-refractivity contribution in [3.63, 3.8) is 0 Å². The van der Waals surface area contributed by atoms with Gasteiger partial charge in [0.1, 0.15) is 0 Å². The normalized spacial score (nSPS) is 8.59. The molecule has 0 fully saturated rings. The standard InChI is InChI=1S/3C4H8OS2.Rh/c3*1-3(2)5-4(6)7;/h3*3H,1-2H3,(H,6,7);/q;;;+3/p-3. The second-order valence-electron chi connectivity index (χ2n) is 4.25. The van der Waals surface area contributed by atoms with Crippen LogP contribution < -0.4 is 0 Å². The molecule has 0 aliphatic carbocycles. The van der Waals surface area contributed by atoms with Gasteiger partial charge in [0.15, 0.2) is 0 Å². The number of rotatable bonds is 3. The van der Waals surface area contributed by atoms with Crippen molar-refractivity contribution in [2.45, 2.75) is 59.9 Å². The van der Waals surface area contributed by atoms with E-state index in [9.17, 15) is 0 Å². The first-order valence-corrected chi connectivity index (χ1v) is 8.46. The van der Waals surface area contributed by atoms with Gasteiger partial charge in [-0.05, 0) is 41.5 Å². The predicted octanol–water partition coefficient (Wildman–Crippen LogP) is 3.73. The molecule has 0 rings (SSSR count). The van der Waals surface area contributed by atoms with E-state index in [0.717, 1.165) is 0 Å². The van der Waals surface area contributed by atoms with Crippen LogP contribution in [0.5, 0.6) is 0 Å². The Kier molecular flexibility index (Phi) is 28.0. The van der Waals surface area contributed by atoms with Gasteiger partial charge >= 0.3 is 19.5 Å². The quantitative estimate of drug-likeness (QED) is 0.321. The molecule has 0 aliphatic heterocycles. The number of hydrogen-bond acceptors (Lipinski definition) is 9. The molecule has 0 atom stereocenters. The molecule has 0 saturated carbocycles. The molecule has 3 nitrogen and oxygen atoms in total. The second kappa shape index (κ2) is 20.0. The van der Waals surface area contributed by atoms with E-state index in [0.29, 0.717) is 0 Å². The molecular formula is C12H21O3RhS6. The minimum Gasteiger partial charge on any atom is -0.511 e. The van der Waals surface area contributed by atoms with Crippen LogP contribution in [0.1, 0.15) is 41.5 Å². The van der Waals surface area contributed by atoms with E-state index in [-0.39, 0.29) is 50.9 Å². The molecule has 0 saturated heterocycles. The van der Waals surface area contributed by atoms with Crippen molar-refractivity contribution in [3.8, 4) is 0 Å². The Morgan fingerprint density at radius 2 is 0.727 bits per heavy atom. The largest absolute Gasteiger partial charge is 3.00 e. The second-order valence-corrected chi connectivity index (χ2v) is 7.25. The third kappa shape index (κ3) is 49.7. The Morgan fingerprint density at radius 3 is 0.727 bits per heavy atom. The summed E-state index contributed by atoms with van der Waals surface area (Å²) >= 11 is 26.8. The summed E-state index contributed by atoms with van der Waals surface area (Å²) in [5.74, 6) is 0. The Balaban J connectivity index is -0.000000108. The Hall–Kier alpha value is 0.953. The summed E-state index contributed by atoms with van der Waals surface area (Å²) in [6, 6.07) is 0. The predicted molar refractivity (Wildman–Crippen MR) is 109 cm³/mol. The molecule has 0 radical (unpaired) electrons. The zero-order chi connectivity index (χ0) is 17.6. The van der Waals surface area contributed by atoms with Crippen LogP contribution >= 0.6 is 36.7 Å². The van der Waals surface area contributed by atoms with Gasteiger partial charge in [-0.15, -0.1) is 0 Å². The van der Waals surface area contributed by atoms with Gasteiger partial charge < -0.3 is 88.8 Å². The molecule has 0 heterocycles. The van der Waals surface area contributed by atoms with Crippen LogP contribution in [-0.2, 0) is 71.6 Å². The van der Waals surface area contributed by atoms with Crippen molar-refractivity contribution in [2.75, 3.05) is 0 Å². The summed E-state index contributed by atoms with van der Waals surface area (Å²) in [6.45, 7) is 11.3. The molecule has 0 N–H and O–H groups in total. The van der Waals surface area contributed by atoms with Crippen molar-refractivity contribution in [1.82, 2.24) is 0 Å². The number of ether oxygens (including phenoxy) is 3. The van der Waals surface area contributed by atoms with Gasteiger partial charge in [0.2, 0.25) is 0 Å². The molecule has 0 unspecified atom stereocenters. The van der Waals surface area contributed by atoms with Gasteiger partial charge in [-0.1, -0.05) is 0 Å². The summed E-state index contributed by atoms with van der Waals surface area (Å²) in [5, 5.41) is 0. The van der Waals surface area contributed by atoms with Crippen LogP contribution in [0.25, 0.3) is 0 Å². The first kappa shape index (κ1) is 30.8. The Bertz CT molecular complexity index is 264. The van der Waals surface area contributed by atoms with Gasteiger partial charge in [-0.25, -0.2) is 0 Å². The molecule has 0 aromatic rings. The van der Waals surface area contributed by atoms with Crippen molar-refractivity contribution in [1.29, 1.82) is 0 Å². The molecule has 0 aliphatic rings. The molecule has 22 heavy (non-hydrogen) atoms. The molecular weight excluding hydrogens is 487 g/mol. The summed E-state index contributed by atoms with van der Waals surface area (Å²) in [6.07, 6.45) is 0.389. The summed E-state index contributed by atoms with van der Waals surface area (Å²) < 4.78 is 15.0. The molecule has 0 amide bonds. The van der Waals surface area contributed by atoms with Crippen LogP contribution in [0, 0.1) is 0 Å². The maximum absolute atomic E-state index is 4.80. The van der Waals surface area contributed by atoms with Gasteiger partial charge in [0.25, 0.3) is 0 Å². The van der Waals surface area contributed by atoms with Gasteiger partial charge in [0.05, 0.1) is 18.3 Å². The Labute approximate surface area is 180 Å². The summed E-state index contributed by atoms with van der Waals surface area (Å²) in [5.41, 5.74) is 0. The van der Waals surface area contributed by atoms with E-state index in [1.54, 1.807) is 0 Å². The van der Waals surface area contributed by atoms with Crippen molar-refractivity contribution < 1.29 is 33.7 Å². The smallest absolute Gasteiger partial charge is 0.511 e. The zero-order valence-electron chi connectivity index (χ0n) is 13.2. The molecule has 0 aromatic heterocycles. The molecule has 0 aromatic carbocycles. The molecule has 0 spiro atoms. The van der Waals surface area contributed by atoms with Crippen LogP contribution in [0.2, 0.25) is 0 Å².